The number of carbonyl (C=O) groups is 1. The lowest BCUT2D eigenvalue weighted by molar-refractivity contribution is -0.118. The Labute approximate surface area is 198 Å². The van der Waals surface area contributed by atoms with Gasteiger partial charge in [-0.1, -0.05) is 25.1 Å². The molecule has 0 radical (unpaired) electrons. The van der Waals surface area contributed by atoms with Gasteiger partial charge in [-0.05, 0) is 57.2 Å². The van der Waals surface area contributed by atoms with Crippen molar-refractivity contribution >= 4 is 41.5 Å². The molecule has 2 aliphatic heterocycles. The fourth-order valence-corrected chi connectivity index (χ4v) is 4.28. The summed E-state index contributed by atoms with van der Waals surface area (Å²) in [7, 11) is 0. The maximum Gasteiger partial charge on any atom is 0.227 e. The van der Waals surface area contributed by atoms with Crippen LogP contribution in [0.15, 0.2) is 29.3 Å². The van der Waals surface area contributed by atoms with Crippen LogP contribution in [-0.4, -0.2) is 62.1 Å². The highest BCUT2D eigenvalue weighted by Crippen LogP contribution is 2.28. The van der Waals surface area contributed by atoms with Crippen molar-refractivity contribution in [1.29, 1.82) is 0 Å². The van der Waals surface area contributed by atoms with Crippen LogP contribution >= 0.6 is 24.0 Å². The summed E-state index contributed by atoms with van der Waals surface area (Å²) in [6.45, 7) is 10.2. The number of nitrogens with one attached hydrogen (secondary N) is 2. The first kappa shape index (κ1) is 24.9. The normalized spacial score (nSPS) is 17.4. The van der Waals surface area contributed by atoms with E-state index in [1.165, 1.54) is 18.5 Å². The summed E-state index contributed by atoms with van der Waals surface area (Å²) in [5.74, 6) is 1.10. The Kier molecular flexibility index (Phi) is 10.9. The van der Waals surface area contributed by atoms with E-state index in [1.54, 1.807) is 0 Å². The van der Waals surface area contributed by atoms with Gasteiger partial charge in [-0.2, -0.15) is 0 Å². The minimum absolute atomic E-state index is 0. The number of likely N-dealkylation sites (tertiary alicyclic amines) is 1. The second kappa shape index (κ2) is 13.1. The molecule has 1 amide bonds. The number of amides is 1. The third-order valence-corrected chi connectivity index (χ3v) is 5.82. The SMILES string of the molecule is CCCN1CCC(NC(=NCCCC(=O)N2CCc3ccccc32)NCC)CC1.I. The van der Waals surface area contributed by atoms with Gasteiger partial charge < -0.3 is 20.4 Å². The van der Waals surface area contributed by atoms with E-state index in [4.69, 9.17) is 4.99 Å². The molecule has 3 rings (SSSR count). The summed E-state index contributed by atoms with van der Waals surface area (Å²) in [5.41, 5.74) is 2.37. The third kappa shape index (κ3) is 7.11. The number of guanidine groups is 1. The molecule has 30 heavy (non-hydrogen) atoms. The molecule has 0 unspecified atom stereocenters. The number of carbonyl (C=O) groups excluding carboxylic acids is 1. The maximum absolute atomic E-state index is 12.6. The Morgan fingerprint density at radius 3 is 2.67 bits per heavy atom. The first-order valence-corrected chi connectivity index (χ1v) is 11.4. The van der Waals surface area contributed by atoms with Crippen LogP contribution in [0.25, 0.3) is 0 Å². The Bertz CT molecular complexity index is 688. The predicted octanol–water partition coefficient (Wildman–Crippen LogP) is 3.40. The molecule has 7 heteroatoms. The van der Waals surface area contributed by atoms with Crippen molar-refractivity contribution in [3.8, 4) is 0 Å². The molecule has 168 valence electrons. The van der Waals surface area contributed by atoms with E-state index in [9.17, 15) is 4.79 Å². The summed E-state index contributed by atoms with van der Waals surface area (Å²) < 4.78 is 0. The van der Waals surface area contributed by atoms with Crippen LogP contribution in [0.5, 0.6) is 0 Å². The predicted molar refractivity (Wildman–Crippen MR) is 136 cm³/mol. The third-order valence-electron chi connectivity index (χ3n) is 5.82. The number of aliphatic imine (C=N–C) groups is 1. The molecule has 2 aliphatic rings. The minimum atomic E-state index is 0. The molecule has 0 spiro atoms. The van der Waals surface area contributed by atoms with Crippen LogP contribution < -0.4 is 15.5 Å². The van der Waals surface area contributed by atoms with Gasteiger partial charge in [0.05, 0.1) is 0 Å². The number of hydrogen-bond acceptors (Lipinski definition) is 3. The largest absolute Gasteiger partial charge is 0.357 e. The average Bonchev–Trinajstić information content (AvgIpc) is 3.17. The Morgan fingerprint density at radius 1 is 1.17 bits per heavy atom. The number of para-hydroxylation sites is 1. The molecule has 1 saturated heterocycles. The van der Waals surface area contributed by atoms with E-state index in [-0.39, 0.29) is 29.9 Å². The summed E-state index contributed by atoms with van der Waals surface area (Å²) in [5, 5.41) is 6.95. The summed E-state index contributed by atoms with van der Waals surface area (Å²) >= 11 is 0. The number of nitrogens with zero attached hydrogens (tertiary/aromatic N) is 3. The van der Waals surface area contributed by atoms with Crippen molar-refractivity contribution in [3.63, 3.8) is 0 Å². The van der Waals surface area contributed by atoms with Gasteiger partial charge in [-0.15, -0.1) is 24.0 Å². The summed E-state index contributed by atoms with van der Waals surface area (Å²) in [6.07, 6.45) is 5.85. The summed E-state index contributed by atoms with van der Waals surface area (Å²) in [4.78, 5) is 21.8. The molecule has 1 fully saturated rings. The fraction of sp³-hybridized carbons (Fsp3) is 0.652. The Balaban J connectivity index is 0.00000320. The first-order valence-electron chi connectivity index (χ1n) is 11.4. The zero-order valence-corrected chi connectivity index (χ0v) is 20.9. The van der Waals surface area contributed by atoms with Gasteiger partial charge in [0.1, 0.15) is 0 Å². The second-order valence-corrected chi connectivity index (χ2v) is 8.05. The van der Waals surface area contributed by atoms with E-state index in [1.807, 2.05) is 17.0 Å². The van der Waals surface area contributed by atoms with Crippen LogP contribution in [0.1, 0.15) is 51.5 Å². The molecule has 2 heterocycles. The van der Waals surface area contributed by atoms with Crippen molar-refractivity contribution < 1.29 is 4.79 Å². The highest BCUT2D eigenvalue weighted by atomic mass is 127. The Morgan fingerprint density at radius 2 is 1.93 bits per heavy atom. The molecule has 0 atom stereocenters. The van der Waals surface area contributed by atoms with Gasteiger partial charge in [0.25, 0.3) is 0 Å². The molecule has 6 nitrogen and oxygen atoms in total. The molecule has 2 N–H and O–H groups in total. The zero-order valence-electron chi connectivity index (χ0n) is 18.5. The van der Waals surface area contributed by atoms with Gasteiger partial charge in [0, 0.05) is 50.9 Å². The molecule has 1 aromatic rings. The molecule has 0 saturated carbocycles. The number of fused-ring (bicyclic) bond motifs is 1. The van der Waals surface area contributed by atoms with Crippen LogP contribution in [0.4, 0.5) is 5.69 Å². The average molecular weight is 527 g/mol. The van der Waals surface area contributed by atoms with Crippen molar-refractivity contribution in [2.45, 2.75) is 58.4 Å². The second-order valence-electron chi connectivity index (χ2n) is 8.05. The van der Waals surface area contributed by atoms with Crippen LogP contribution in [0.2, 0.25) is 0 Å². The number of halogens is 1. The van der Waals surface area contributed by atoms with E-state index in [0.29, 0.717) is 19.0 Å². The van der Waals surface area contributed by atoms with Crippen molar-refractivity contribution in [2.75, 3.05) is 44.2 Å². The van der Waals surface area contributed by atoms with Crippen molar-refractivity contribution in [1.82, 2.24) is 15.5 Å². The van der Waals surface area contributed by atoms with E-state index >= 15 is 0 Å². The van der Waals surface area contributed by atoms with Gasteiger partial charge in [0.2, 0.25) is 5.91 Å². The first-order chi connectivity index (χ1) is 14.2. The lowest BCUT2D eigenvalue weighted by Crippen LogP contribution is -2.48. The van der Waals surface area contributed by atoms with Crippen molar-refractivity contribution in [2.24, 2.45) is 4.99 Å². The fourth-order valence-electron chi connectivity index (χ4n) is 4.28. The standard InChI is InChI=1S/C23H37N5O.HI/c1-3-15-27-16-12-20(13-17-27)26-23(24-4-2)25-14-7-10-22(29)28-18-11-19-8-5-6-9-21(19)28;/h5-6,8-9,20H,3-4,7,10-18H2,1-2H3,(H2,24,25,26);1H. The highest BCUT2D eigenvalue weighted by molar-refractivity contribution is 14.0. The smallest absolute Gasteiger partial charge is 0.227 e. The molecule has 0 aliphatic carbocycles. The number of piperidine rings is 1. The molecular weight excluding hydrogens is 489 g/mol. The van der Waals surface area contributed by atoms with Gasteiger partial charge in [0.15, 0.2) is 5.96 Å². The monoisotopic (exact) mass is 527 g/mol. The maximum atomic E-state index is 12.6. The minimum Gasteiger partial charge on any atom is -0.357 e. The van der Waals surface area contributed by atoms with E-state index in [0.717, 1.165) is 63.5 Å². The number of anilines is 1. The van der Waals surface area contributed by atoms with Crippen LogP contribution in [0.3, 0.4) is 0 Å². The molecular formula is C23H38IN5O. The van der Waals surface area contributed by atoms with E-state index < -0.39 is 0 Å². The van der Waals surface area contributed by atoms with Crippen molar-refractivity contribution in [3.05, 3.63) is 29.8 Å². The summed E-state index contributed by atoms with van der Waals surface area (Å²) in [6, 6.07) is 8.72. The highest BCUT2D eigenvalue weighted by Gasteiger charge is 2.23. The van der Waals surface area contributed by atoms with Crippen LogP contribution in [-0.2, 0) is 11.2 Å². The Hall–Kier alpha value is -1.35. The number of rotatable bonds is 8. The topological polar surface area (TPSA) is 60.0 Å². The lowest BCUT2D eigenvalue weighted by Gasteiger charge is -2.32. The number of hydrogen-bond donors (Lipinski definition) is 2. The number of benzene rings is 1. The lowest BCUT2D eigenvalue weighted by atomic mass is 10.1. The van der Waals surface area contributed by atoms with Gasteiger partial charge >= 0.3 is 0 Å². The quantitative estimate of drug-likeness (QED) is 0.236. The molecule has 0 aromatic heterocycles. The molecule has 0 bridgehead atoms. The van der Waals surface area contributed by atoms with Crippen LogP contribution in [0, 0.1) is 0 Å². The zero-order chi connectivity index (χ0) is 20.5. The molecule has 1 aromatic carbocycles. The van der Waals surface area contributed by atoms with Gasteiger partial charge in [-0.3, -0.25) is 9.79 Å². The van der Waals surface area contributed by atoms with Gasteiger partial charge in [-0.25, -0.2) is 0 Å². The van der Waals surface area contributed by atoms with E-state index in [2.05, 4.69) is 41.5 Å².